The molecule has 0 atom stereocenters. The fourth-order valence-electron chi connectivity index (χ4n) is 4.80. The van der Waals surface area contributed by atoms with E-state index in [1.54, 1.807) is 50.6 Å². The van der Waals surface area contributed by atoms with Crippen LogP contribution in [0.15, 0.2) is 73.1 Å². The van der Waals surface area contributed by atoms with Crippen molar-refractivity contribution < 1.29 is 19.0 Å². The Hall–Kier alpha value is -5.12. The van der Waals surface area contributed by atoms with Gasteiger partial charge in [0, 0.05) is 29.4 Å². The maximum atomic E-state index is 12.8. The van der Waals surface area contributed by atoms with Crippen LogP contribution in [0.5, 0.6) is 23.1 Å². The number of aromatic nitrogens is 4. The van der Waals surface area contributed by atoms with E-state index in [9.17, 15) is 4.79 Å². The molecule has 0 bridgehead atoms. The van der Waals surface area contributed by atoms with Crippen LogP contribution in [-0.2, 0) is 0 Å². The van der Waals surface area contributed by atoms with Crippen molar-refractivity contribution in [3.05, 3.63) is 78.6 Å². The monoisotopic (exact) mass is 536 g/mol. The Labute approximate surface area is 230 Å². The Kier molecular flexibility index (Phi) is 6.88. The number of urea groups is 1. The SMILES string of the molecule is COc1cc2ncnc(Oc3cccc(NC(=O)Nc4cc(-c5ccccc5C5CCC5)n[nH]4)c3)c2cc1OC. The van der Waals surface area contributed by atoms with Crippen molar-refractivity contribution in [3.8, 4) is 34.4 Å². The number of rotatable bonds is 8. The number of methoxy groups -OCH3 is 2. The van der Waals surface area contributed by atoms with Gasteiger partial charge in [0.1, 0.15) is 17.9 Å². The predicted octanol–water partition coefficient (Wildman–Crippen LogP) is 6.74. The summed E-state index contributed by atoms with van der Waals surface area (Å²) >= 11 is 0. The molecule has 3 aromatic carbocycles. The second-order valence-corrected chi connectivity index (χ2v) is 9.49. The molecule has 2 amide bonds. The first-order chi connectivity index (χ1) is 19.6. The van der Waals surface area contributed by atoms with Crippen LogP contribution in [0.1, 0.15) is 30.7 Å². The number of H-pyrrole nitrogens is 1. The van der Waals surface area contributed by atoms with E-state index in [2.05, 4.69) is 49.0 Å². The molecule has 1 aliphatic carbocycles. The van der Waals surface area contributed by atoms with Gasteiger partial charge >= 0.3 is 6.03 Å². The van der Waals surface area contributed by atoms with Crippen LogP contribution in [0.25, 0.3) is 22.2 Å². The van der Waals surface area contributed by atoms with Crippen molar-refractivity contribution in [2.24, 2.45) is 0 Å². The number of nitrogens with one attached hydrogen (secondary N) is 3. The number of nitrogens with zero attached hydrogens (tertiary/aromatic N) is 3. The van der Waals surface area contributed by atoms with Gasteiger partial charge in [-0.05, 0) is 42.5 Å². The molecule has 40 heavy (non-hydrogen) atoms. The van der Waals surface area contributed by atoms with Crippen LogP contribution >= 0.6 is 0 Å². The molecule has 5 aromatic rings. The molecule has 202 valence electrons. The van der Waals surface area contributed by atoms with E-state index in [0.29, 0.717) is 51.5 Å². The normalized spacial score (nSPS) is 12.9. The summed E-state index contributed by atoms with van der Waals surface area (Å²) in [6, 6.07) is 20.3. The first kappa shape index (κ1) is 25.2. The standard InChI is InChI=1S/C30H28N6O4/c1-38-26-14-23-24(15-27(26)39-2)31-17-32-29(23)40-20-10-6-9-19(13-20)33-30(37)34-28-16-25(35-36-28)22-12-4-3-11-21(22)18-7-5-8-18/h3-4,6,9-18H,5,7-8H2,1-2H3,(H3,33,34,35,36,37). The van der Waals surface area contributed by atoms with Gasteiger partial charge in [0.05, 0.1) is 30.8 Å². The van der Waals surface area contributed by atoms with Gasteiger partial charge < -0.3 is 19.5 Å². The number of ether oxygens (including phenoxy) is 3. The average Bonchev–Trinajstić information content (AvgIpc) is 3.40. The number of aromatic amines is 1. The molecule has 0 spiro atoms. The fourth-order valence-corrected chi connectivity index (χ4v) is 4.80. The summed E-state index contributed by atoms with van der Waals surface area (Å²) in [5.41, 5.74) is 4.39. The second kappa shape index (κ2) is 10.9. The first-order valence-electron chi connectivity index (χ1n) is 13.0. The van der Waals surface area contributed by atoms with Gasteiger partial charge in [-0.2, -0.15) is 5.10 Å². The fraction of sp³-hybridized carbons (Fsp3) is 0.200. The lowest BCUT2D eigenvalue weighted by Crippen LogP contribution is -2.19. The summed E-state index contributed by atoms with van der Waals surface area (Å²) in [7, 11) is 3.13. The Balaban J connectivity index is 1.15. The quantitative estimate of drug-likeness (QED) is 0.201. The van der Waals surface area contributed by atoms with Crippen LogP contribution in [0.2, 0.25) is 0 Å². The minimum Gasteiger partial charge on any atom is -0.493 e. The van der Waals surface area contributed by atoms with E-state index in [-0.39, 0.29) is 0 Å². The molecule has 10 nitrogen and oxygen atoms in total. The molecule has 10 heteroatoms. The van der Waals surface area contributed by atoms with Crippen LogP contribution < -0.4 is 24.8 Å². The molecular formula is C30H28N6O4. The van der Waals surface area contributed by atoms with E-state index >= 15 is 0 Å². The minimum absolute atomic E-state index is 0.347. The molecule has 2 heterocycles. The maximum Gasteiger partial charge on any atom is 0.324 e. The van der Waals surface area contributed by atoms with E-state index < -0.39 is 6.03 Å². The average molecular weight is 537 g/mol. The highest BCUT2D eigenvalue weighted by atomic mass is 16.5. The molecule has 1 fully saturated rings. The molecule has 0 unspecified atom stereocenters. The number of hydrogen-bond donors (Lipinski definition) is 3. The van der Waals surface area contributed by atoms with Crippen molar-refractivity contribution in [2.75, 3.05) is 24.9 Å². The molecule has 6 rings (SSSR count). The van der Waals surface area contributed by atoms with Gasteiger partial charge in [0.15, 0.2) is 11.5 Å². The molecule has 1 saturated carbocycles. The lowest BCUT2D eigenvalue weighted by atomic mass is 9.78. The number of hydrogen-bond acceptors (Lipinski definition) is 7. The minimum atomic E-state index is -0.413. The highest BCUT2D eigenvalue weighted by molar-refractivity contribution is 5.99. The topological polar surface area (TPSA) is 123 Å². The molecule has 0 aliphatic heterocycles. The van der Waals surface area contributed by atoms with Crippen molar-refractivity contribution in [3.63, 3.8) is 0 Å². The van der Waals surface area contributed by atoms with Gasteiger partial charge in [-0.3, -0.25) is 10.4 Å². The van der Waals surface area contributed by atoms with E-state index in [4.69, 9.17) is 14.2 Å². The third kappa shape index (κ3) is 5.11. The molecular weight excluding hydrogens is 508 g/mol. The van der Waals surface area contributed by atoms with Crippen LogP contribution in [0.4, 0.5) is 16.3 Å². The zero-order chi connectivity index (χ0) is 27.5. The van der Waals surface area contributed by atoms with Crippen molar-refractivity contribution in [2.45, 2.75) is 25.2 Å². The van der Waals surface area contributed by atoms with Crippen molar-refractivity contribution >= 4 is 28.4 Å². The third-order valence-electron chi connectivity index (χ3n) is 7.02. The number of carbonyl (C=O) groups excluding carboxylic acids is 1. The molecule has 2 aromatic heterocycles. The Morgan fingerprint density at radius 2 is 1.75 bits per heavy atom. The lowest BCUT2D eigenvalue weighted by Gasteiger charge is -2.27. The molecule has 0 radical (unpaired) electrons. The summed E-state index contributed by atoms with van der Waals surface area (Å²) in [5, 5.41) is 13.7. The predicted molar refractivity (Wildman–Crippen MR) is 152 cm³/mol. The van der Waals surface area contributed by atoms with E-state index in [1.807, 2.05) is 12.1 Å². The summed E-state index contributed by atoms with van der Waals surface area (Å²) in [4.78, 5) is 21.4. The van der Waals surface area contributed by atoms with Gasteiger partial charge in [0.2, 0.25) is 5.88 Å². The van der Waals surface area contributed by atoms with Crippen LogP contribution in [0, 0.1) is 0 Å². The number of fused-ring (bicyclic) bond motifs is 1. The number of carbonyl (C=O) groups is 1. The Morgan fingerprint density at radius 1 is 0.925 bits per heavy atom. The highest BCUT2D eigenvalue weighted by Crippen LogP contribution is 2.41. The second-order valence-electron chi connectivity index (χ2n) is 9.49. The van der Waals surface area contributed by atoms with Gasteiger partial charge in [-0.15, -0.1) is 0 Å². The maximum absolute atomic E-state index is 12.8. The lowest BCUT2D eigenvalue weighted by molar-refractivity contribution is 0.262. The highest BCUT2D eigenvalue weighted by Gasteiger charge is 2.23. The van der Waals surface area contributed by atoms with Crippen molar-refractivity contribution in [1.82, 2.24) is 20.2 Å². The summed E-state index contributed by atoms with van der Waals surface area (Å²) in [6.45, 7) is 0. The zero-order valence-electron chi connectivity index (χ0n) is 22.1. The smallest absolute Gasteiger partial charge is 0.324 e. The van der Waals surface area contributed by atoms with Gasteiger partial charge in [0.25, 0.3) is 0 Å². The Morgan fingerprint density at radius 3 is 2.55 bits per heavy atom. The van der Waals surface area contributed by atoms with Gasteiger partial charge in [-0.25, -0.2) is 14.8 Å². The van der Waals surface area contributed by atoms with Gasteiger partial charge in [-0.1, -0.05) is 36.8 Å². The van der Waals surface area contributed by atoms with E-state index in [0.717, 1.165) is 11.3 Å². The summed E-state index contributed by atoms with van der Waals surface area (Å²) in [6.07, 6.45) is 5.09. The summed E-state index contributed by atoms with van der Waals surface area (Å²) in [5.74, 6) is 3.01. The number of anilines is 2. The molecule has 0 saturated heterocycles. The summed E-state index contributed by atoms with van der Waals surface area (Å²) < 4.78 is 16.8. The Bertz CT molecular complexity index is 1680. The number of benzene rings is 3. The first-order valence-corrected chi connectivity index (χ1v) is 13.0. The largest absolute Gasteiger partial charge is 0.493 e. The number of amides is 2. The zero-order valence-corrected chi connectivity index (χ0v) is 22.1. The van der Waals surface area contributed by atoms with Crippen LogP contribution in [0.3, 0.4) is 0 Å². The molecule has 3 N–H and O–H groups in total. The molecule has 1 aliphatic rings. The van der Waals surface area contributed by atoms with Crippen molar-refractivity contribution in [1.29, 1.82) is 0 Å². The third-order valence-corrected chi connectivity index (χ3v) is 7.02. The van der Waals surface area contributed by atoms with Crippen LogP contribution in [-0.4, -0.2) is 40.4 Å². The van der Waals surface area contributed by atoms with E-state index in [1.165, 1.54) is 31.2 Å².